The molecular weight excluding hydrogens is 334 g/mol. The van der Waals surface area contributed by atoms with E-state index in [0.29, 0.717) is 5.92 Å². The second-order valence-electron chi connectivity index (χ2n) is 9.19. The maximum absolute atomic E-state index is 12.0. The van der Waals surface area contributed by atoms with Crippen LogP contribution in [-0.2, 0) is 4.79 Å². The van der Waals surface area contributed by atoms with Crippen LogP contribution in [0.15, 0.2) is 18.3 Å². The Morgan fingerprint density at radius 3 is 2.07 bits per heavy atom. The maximum atomic E-state index is 12.0. The first-order chi connectivity index (χ1) is 12.6. The number of carbonyl (C=O) groups excluding carboxylic acids is 1. The summed E-state index contributed by atoms with van der Waals surface area (Å²) in [6, 6.07) is 4.13. The van der Waals surface area contributed by atoms with Crippen molar-refractivity contribution in [3.05, 3.63) is 24.0 Å². The average Bonchev–Trinajstić information content (AvgIpc) is 2.60. The van der Waals surface area contributed by atoms with Gasteiger partial charge >= 0.3 is 0 Å². The summed E-state index contributed by atoms with van der Waals surface area (Å²) in [5, 5.41) is 0. The summed E-state index contributed by atoms with van der Waals surface area (Å²) >= 11 is 0. The van der Waals surface area contributed by atoms with Crippen LogP contribution in [0, 0.1) is 17.8 Å². The average molecular weight is 376 g/mol. The lowest BCUT2D eigenvalue weighted by Gasteiger charge is -2.32. The summed E-state index contributed by atoms with van der Waals surface area (Å²) in [4.78, 5) is 20.9. The molecule has 4 nitrogen and oxygen atoms in total. The molecule has 0 radical (unpaired) electrons. The zero-order valence-electron chi connectivity index (χ0n) is 18.8. The third-order valence-corrected chi connectivity index (χ3v) is 4.61. The fourth-order valence-corrected chi connectivity index (χ4v) is 3.28. The smallest absolute Gasteiger partial charge is 0.229 e. The number of amides is 1. The molecule has 0 N–H and O–H groups in total. The molecule has 1 aliphatic rings. The highest BCUT2D eigenvalue weighted by molar-refractivity contribution is 5.93. The van der Waals surface area contributed by atoms with E-state index in [-0.39, 0.29) is 11.8 Å². The Morgan fingerprint density at radius 2 is 1.67 bits per heavy atom. The molecule has 0 atom stereocenters. The molecule has 27 heavy (non-hydrogen) atoms. The number of piperidine rings is 1. The molecule has 0 saturated carbocycles. The molecule has 0 aliphatic carbocycles. The van der Waals surface area contributed by atoms with E-state index in [1.807, 2.05) is 33.2 Å². The van der Waals surface area contributed by atoms with Crippen molar-refractivity contribution in [1.82, 2.24) is 9.88 Å². The van der Waals surface area contributed by atoms with Crippen LogP contribution in [0.1, 0.15) is 72.9 Å². The summed E-state index contributed by atoms with van der Waals surface area (Å²) in [6.07, 6.45) is 4.20. The molecular formula is C23H41N3O. The molecule has 0 unspecified atom stereocenters. The van der Waals surface area contributed by atoms with Crippen LogP contribution in [0.25, 0.3) is 0 Å². The minimum Gasteiger partial charge on any atom is -0.314 e. The van der Waals surface area contributed by atoms with Crippen LogP contribution >= 0.6 is 0 Å². The van der Waals surface area contributed by atoms with Gasteiger partial charge in [-0.25, -0.2) is 0 Å². The van der Waals surface area contributed by atoms with Gasteiger partial charge in [0.2, 0.25) is 5.91 Å². The number of hydrogen-bond acceptors (Lipinski definition) is 3. The highest BCUT2D eigenvalue weighted by Crippen LogP contribution is 2.28. The van der Waals surface area contributed by atoms with Crippen molar-refractivity contribution < 1.29 is 4.79 Å². The van der Waals surface area contributed by atoms with Gasteiger partial charge in [0, 0.05) is 31.1 Å². The fraction of sp³-hybridized carbons (Fsp3) is 0.739. The van der Waals surface area contributed by atoms with Gasteiger partial charge in [0.15, 0.2) is 0 Å². The second-order valence-corrected chi connectivity index (χ2v) is 9.19. The third-order valence-electron chi connectivity index (χ3n) is 4.61. The number of rotatable bonds is 5. The minimum atomic E-state index is 0.00459. The van der Waals surface area contributed by atoms with Gasteiger partial charge in [0.05, 0.1) is 11.9 Å². The lowest BCUT2D eigenvalue weighted by molar-refractivity contribution is -0.121. The van der Waals surface area contributed by atoms with Crippen molar-refractivity contribution in [3.63, 3.8) is 0 Å². The molecule has 0 spiro atoms. The third kappa shape index (κ3) is 8.42. The number of likely N-dealkylation sites (tertiary alicyclic amines) is 1. The van der Waals surface area contributed by atoms with Crippen molar-refractivity contribution in [2.45, 2.75) is 67.2 Å². The molecule has 2 rings (SSSR count). The molecule has 1 amide bonds. The summed E-state index contributed by atoms with van der Waals surface area (Å²) in [5.41, 5.74) is 2.05. The van der Waals surface area contributed by atoms with Gasteiger partial charge in [-0.15, -0.1) is 0 Å². The maximum Gasteiger partial charge on any atom is 0.229 e. The highest BCUT2D eigenvalue weighted by atomic mass is 16.2. The van der Waals surface area contributed by atoms with Crippen molar-refractivity contribution >= 4 is 11.6 Å². The van der Waals surface area contributed by atoms with Crippen molar-refractivity contribution in [2.75, 3.05) is 31.6 Å². The molecule has 154 valence electrons. The molecule has 1 aromatic rings. The molecule has 2 heterocycles. The first-order valence-corrected chi connectivity index (χ1v) is 10.6. The summed E-state index contributed by atoms with van der Waals surface area (Å²) < 4.78 is 0. The predicted octanol–water partition coefficient (Wildman–Crippen LogP) is 5.20. The molecule has 0 bridgehead atoms. The Balaban J connectivity index is 0.000000828. The Bertz CT molecular complexity index is 540. The van der Waals surface area contributed by atoms with E-state index in [9.17, 15) is 4.79 Å². The van der Waals surface area contributed by atoms with Crippen molar-refractivity contribution in [2.24, 2.45) is 17.8 Å². The Labute approximate surface area is 167 Å². The topological polar surface area (TPSA) is 36.4 Å². The molecule has 4 heteroatoms. The van der Waals surface area contributed by atoms with E-state index in [0.717, 1.165) is 30.6 Å². The van der Waals surface area contributed by atoms with Crippen LogP contribution in [-0.4, -0.2) is 42.5 Å². The number of carbonyl (C=O) groups is 1. The van der Waals surface area contributed by atoms with Crippen LogP contribution in [0.5, 0.6) is 0 Å². The van der Waals surface area contributed by atoms with E-state index in [1.54, 1.807) is 4.90 Å². The quantitative estimate of drug-likeness (QED) is 0.710. The fourth-order valence-electron chi connectivity index (χ4n) is 3.28. The number of pyridine rings is 1. The standard InChI is InChI=1S/C19H31N3O.C4H10/c1-14(2)13-22-10-8-16(9-11-22)18-7-6-17(12-20-18)21(5)19(23)15(3)4;1-4(2)3/h6-7,12,14-16H,8-11,13H2,1-5H3;4H,1-3H3. The number of anilines is 1. The number of nitrogens with zero attached hydrogens (tertiary/aromatic N) is 3. The minimum absolute atomic E-state index is 0.00459. The molecule has 1 fully saturated rings. The SMILES string of the molecule is CC(C)C.CC(C)CN1CCC(c2ccc(N(C)C(=O)C(C)C)cn2)CC1. The van der Waals surface area contributed by atoms with E-state index >= 15 is 0 Å². The predicted molar refractivity (Wildman–Crippen MR) is 116 cm³/mol. The lowest BCUT2D eigenvalue weighted by atomic mass is 9.92. The molecule has 0 aromatic carbocycles. The summed E-state index contributed by atoms with van der Waals surface area (Å²) in [7, 11) is 1.82. The monoisotopic (exact) mass is 375 g/mol. The van der Waals surface area contributed by atoms with Crippen LogP contribution in [0.2, 0.25) is 0 Å². The molecule has 1 aliphatic heterocycles. The molecule has 1 saturated heterocycles. The van der Waals surface area contributed by atoms with Crippen molar-refractivity contribution in [3.8, 4) is 0 Å². The number of hydrogen-bond donors (Lipinski definition) is 0. The summed E-state index contributed by atoms with van der Waals surface area (Å²) in [5.74, 6) is 2.25. The lowest BCUT2D eigenvalue weighted by Crippen LogP contribution is -2.35. The normalized spacial score (nSPS) is 15.8. The van der Waals surface area contributed by atoms with Gasteiger partial charge < -0.3 is 9.80 Å². The van der Waals surface area contributed by atoms with Gasteiger partial charge in [-0.1, -0.05) is 48.5 Å². The first kappa shape index (κ1) is 23.6. The van der Waals surface area contributed by atoms with E-state index in [4.69, 9.17) is 0 Å². The second kappa shape index (κ2) is 11.4. The number of aromatic nitrogens is 1. The van der Waals surface area contributed by atoms with Gasteiger partial charge in [0.25, 0.3) is 0 Å². The van der Waals surface area contributed by atoms with Gasteiger partial charge in [0.1, 0.15) is 0 Å². The largest absolute Gasteiger partial charge is 0.314 e. The highest BCUT2D eigenvalue weighted by Gasteiger charge is 2.22. The van der Waals surface area contributed by atoms with Gasteiger partial charge in [-0.2, -0.15) is 0 Å². The summed E-state index contributed by atoms with van der Waals surface area (Å²) in [6.45, 7) is 18.4. The van der Waals surface area contributed by atoms with Crippen LogP contribution in [0.3, 0.4) is 0 Å². The van der Waals surface area contributed by atoms with E-state index in [2.05, 4.69) is 50.6 Å². The zero-order chi connectivity index (χ0) is 20.6. The zero-order valence-corrected chi connectivity index (χ0v) is 18.8. The first-order valence-electron chi connectivity index (χ1n) is 10.6. The van der Waals surface area contributed by atoms with E-state index in [1.165, 1.54) is 25.1 Å². The van der Waals surface area contributed by atoms with Gasteiger partial charge in [-0.3, -0.25) is 9.78 Å². The Kier molecular flexibility index (Phi) is 10.00. The van der Waals surface area contributed by atoms with Crippen molar-refractivity contribution in [1.29, 1.82) is 0 Å². The Morgan fingerprint density at radius 1 is 1.11 bits per heavy atom. The van der Waals surface area contributed by atoms with Crippen LogP contribution < -0.4 is 4.90 Å². The van der Waals surface area contributed by atoms with Crippen LogP contribution in [0.4, 0.5) is 5.69 Å². The van der Waals surface area contributed by atoms with E-state index < -0.39 is 0 Å². The van der Waals surface area contributed by atoms with Gasteiger partial charge in [-0.05, 0) is 49.9 Å². The molecule has 1 aromatic heterocycles. The Hall–Kier alpha value is -1.42.